The summed E-state index contributed by atoms with van der Waals surface area (Å²) in [5.74, 6) is 0.176. The SMILES string of the molecule is CSc1ncc(Cl)c(C(=O)NC(C)c2ncn[nH]2)n1. The van der Waals surface area contributed by atoms with Gasteiger partial charge in [0.1, 0.15) is 12.2 Å². The lowest BCUT2D eigenvalue weighted by molar-refractivity contribution is 0.0932. The highest BCUT2D eigenvalue weighted by atomic mass is 35.5. The molecule has 0 saturated heterocycles. The third-order valence-electron chi connectivity index (χ3n) is 2.31. The largest absolute Gasteiger partial charge is 0.341 e. The van der Waals surface area contributed by atoms with E-state index in [2.05, 4.69) is 30.5 Å². The number of nitrogens with one attached hydrogen (secondary N) is 2. The third kappa shape index (κ3) is 3.21. The van der Waals surface area contributed by atoms with E-state index in [-0.39, 0.29) is 22.7 Å². The Morgan fingerprint density at radius 1 is 1.53 bits per heavy atom. The second-order valence-corrected chi connectivity index (χ2v) is 4.80. The molecule has 1 atom stereocenters. The van der Waals surface area contributed by atoms with Gasteiger partial charge in [0.25, 0.3) is 5.91 Å². The highest BCUT2D eigenvalue weighted by Gasteiger charge is 2.18. The summed E-state index contributed by atoms with van der Waals surface area (Å²) >= 11 is 7.26. The highest BCUT2D eigenvalue weighted by Crippen LogP contribution is 2.17. The molecule has 2 heterocycles. The predicted molar refractivity (Wildman–Crippen MR) is 71.1 cm³/mol. The van der Waals surface area contributed by atoms with E-state index < -0.39 is 0 Å². The van der Waals surface area contributed by atoms with Crippen molar-refractivity contribution in [3.8, 4) is 0 Å². The summed E-state index contributed by atoms with van der Waals surface area (Å²) in [5.41, 5.74) is 0.146. The van der Waals surface area contributed by atoms with Crippen LogP contribution >= 0.6 is 23.4 Å². The lowest BCUT2D eigenvalue weighted by atomic mass is 10.3. The van der Waals surface area contributed by atoms with Crippen LogP contribution in [0.15, 0.2) is 17.7 Å². The molecule has 0 spiro atoms. The van der Waals surface area contributed by atoms with Crippen molar-refractivity contribution in [1.29, 1.82) is 0 Å². The lowest BCUT2D eigenvalue weighted by Gasteiger charge is -2.11. The molecule has 0 bridgehead atoms. The average molecular weight is 299 g/mol. The number of H-pyrrole nitrogens is 1. The fourth-order valence-electron chi connectivity index (χ4n) is 1.37. The van der Waals surface area contributed by atoms with Crippen molar-refractivity contribution in [2.24, 2.45) is 0 Å². The van der Waals surface area contributed by atoms with Crippen LogP contribution in [-0.4, -0.2) is 37.3 Å². The van der Waals surface area contributed by atoms with Gasteiger partial charge in [-0.25, -0.2) is 15.0 Å². The molecular formula is C10H11ClN6OS. The first-order valence-corrected chi connectivity index (χ1v) is 6.94. The van der Waals surface area contributed by atoms with Gasteiger partial charge in [-0.2, -0.15) is 5.10 Å². The summed E-state index contributed by atoms with van der Waals surface area (Å²) in [4.78, 5) is 24.1. The smallest absolute Gasteiger partial charge is 0.272 e. The number of carbonyl (C=O) groups is 1. The molecule has 2 aromatic rings. The molecule has 100 valence electrons. The van der Waals surface area contributed by atoms with Crippen LogP contribution in [0.25, 0.3) is 0 Å². The lowest BCUT2D eigenvalue weighted by Crippen LogP contribution is -2.28. The molecule has 2 aromatic heterocycles. The standard InChI is InChI=1S/C10H11ClN6OS/c1-5(8-13-4-14-17-8)15-9(18)7-6(11)3-12-10(16-7)19-2/h3-5H,1-2H3,(H,15,18)(H,13,14,17). The Kier molecular flexibility index (Phi) is 4.33. The first kappa shape index (κ1) is 13.8. The van der Waals surface area contributed by atoms with Crippen LogP contribution in [0.3, 0.4) is 0 Å². The number of amides is 1. The summed E-state index contributed by atoms with van der Waals surface area (Å²) in [7, 11) is 0. The monoisotopic (exact) mass is 298 g/mol. The number of thioether (sulfide) groups is 1. The molecule has 2 N–H and O–H groups in total. The van der Waals surface area contributed by atoms with Gasteiger partial charge < -0.3 is 5.32 Å². The maximum absolute atomic E-state index is 12.1. The first-order valence-electron chi connectivity index (χ1n) is 5.34. The molecule has 2 rings (SSSR count). The van der Waals surface area contributed by atoms with Crippen LogP contribution in [-0.2, 0) is 0 Å². The maximum atomic E-state index is 12.1. The fourth-order valence-corrected chi connectivity index (χ4v) is 1.88. The Bertz CT molecular complexity index is 575. The van der Waals surface area contributed by atoms with Crippen molar-refractivity contribution >= 4 is 29.3 Å². The van der Waals surface area contributed by atoms with Crippen molar-refractivity contribution in [2.45, 2.75) is 18.1 Å². The first-order chi connectivity index (χ1) is 9.11. The van der Waals surface area contributed by atoms with Gasteiger partial charge in [-0.1, -0.05) is 23.4 Å². The van der Waals surface area contributed by atoms with E-state index in [9.17, 15) is 4.79 Å². The number of aromatic amines is 1. The molecule has 19 heavy (non-hydrogen) atoms. The highest BCUT2D eigenvalue weighted by molar-refractivity contribution is 7.98. The molecule has 0 aliphatic rings. The van der Waals surface area contributed by atoms with E-state index in [1.165, 1.54) is 24.3 Å². The number of rotatable bonds is 4. The van der Waals surface area contributed by atoms with Gasteiger partial charge in [0.15, 0.2) is 10.9 Å². The van der Waals surface area contributed by atoms with E-state index in [1.807, 2.05) is 6.26 Å². The summed E-state index contributed by atoms with van der Waals surface area (Å²) < 4.78 is 0. The number of hydrogen-bond acceptors (Lipinski definition) is 6. The Morgan fingerprint density at radius 2 is 2.32 bits per heavy atom. The molecule has 1 unspecified atom stereocenters. The van der Waals surface area contributed by atoms with Crippen molar-refractivity contribution in [3.05, 3.63) is 29.1 Å². The topological polar surface area (TPSA) is 96.5 Å². The summed E-state index contributed by atoms with van der Waals surface area (Å²) in [6.45, 7) is 1.78. The van der Waals surface area contributed by atoms with Crippen molar-refractivity contribution < 1.29 is 4.79 Å². The van der Waals surface area contributed by atoms with Gasteiger partial charge in [-0.3, -0.25) is 9.89 Å². The van der Waals surface area contributed by atoms with Gasteiger partial charge in [-0.05, 0) is 13.2 Å². The Morgan fingerprint density at radius 3 is 2.95 bits per heavy atom. The predicted octanol–water partition coefficient (Wildman–Crippen LogP) is 1.46. The molecule has 0 radical (unpaired) electrons. The van der Waals surface area contributed by atoms with E-state index >= 15 is 0 Å². The molecule has 0 aliphatic heterocycles. The fraction of sp³-hybridized carbons (Fsp3) is 0.300. The van der Waals surface area contributed by atoms with Crippen LogP contribution < -0.4 is 5.32 Å². The minimum absolute atomic E-state index is 0.146. The second-order valence-electron chi connectivity index (χ2n) is 3.62. The molecule has 0 aliphatic carbocycles. The molecular weight excluding hydrogens is 288 g/mol. The number of carbonyl (C=O) groups excluding carboxylic acids is 1. The minimum Gasteiger partial charge on any atom is -0.341 e. The van der Waals surface area contributed by atoms with E-state index in [0.717, 1.165) is 0 Å². The van der Waals surface area contributed by atoms with Crippen molar-refractivity contribution in [2.75, 3.05) is 6.26 Å². The van der Waals surface area contributed by atoms with Crippen molar-refractivity contribution in [3.63, 3.8) is 0 Å². The van der Waals surface area contributed by atoms with Crippen LogP contribution in [0.1, 0.15) is 29.3 Å². The summed E-state index contributed by atoms with van der Waals surface area (Å²) in [5, 5.41) is 9.84. The van der Waals surface area contributed by atoms with Crippen molar-refractivity contribution in [1.82, 2.24) is 30.5 Å². The summed E-state index contributed by atoms with van der Waals surface area (Å²) in [6.07, 6.45) is 4.61. The Hall–Kier alpha value is -1.67. The molecule has 0 saturated carbocycles. The second kappa shape index (κ2) is 5.98. The summed E-state index contributed by atoms with van der Waals surface area (Å²) in [6, 6.07) is -0.321. The zero-order chi connectivity index (χ0) is 13.8. The van der Waals surface area contributed by atoms with Crippen LogP contribution in [0.5, 0.6) is 0 Å². The van der Waals surface area contributed by atoms with E-state index in [4.69, 9.17) is 11.6 Å². The minimum atomic E-state index is -0.383. The van der Waals surface area contributed by atoms with Gasteiger partial charge in [-0.15, -0.1) is 0 Å². The average Bonchev–Trinajstić information content (AvgIpc) is 2.93. The normalized spacial score (nSPS) is 12.2. The van der Waals surface area contributed by atoms with E-state index in [0.29, 0.717) is 11.0 Å². The van der Waals surface area contributed by atoms with Crippen LogP contribution in [0, 0.1) is 0 Å². The van der Waals surface area contributed by atoms with Gasteiger partial charge in [0, 0.05) is 0 Å². The maximum Gasteiger partial charge on any atom is 0.272 e. The Labute approximate surface area is 118 Å². The van der Waals surface area contributed by atoms with Gasteiger partial charge >= 0.3 is 0 Å². The molecule has 9 heteroatoms. The third-order valence-corrected chi connectivity index (χ3v) is 3.15. The molecule has 0 fully saturated rings. The molecule has 1 amide bonds. The quantitative estimate of drug-likeness (QED) is 0.655. The molecule has 0 aromatic carbocycles. The van der Waals surface area contributed by atoms with E-state index in [1.54, 1.807) is 6.92 Å². The number of aromatic nitrogens is 5. The van der Waals surface area contributed by atoms with Gasteiger partial charge in [0.2, 0.25) is 0 Å². The van der Waals surface area contributed by atoms with Crippen LogP contribution in [0.2, 0.25) is 5.02 Å². The Balaban J connectivity index is 2.16. The number of nitrogens with zero attached hydrogens (tertiary/aromatic N) is 4. The number of hydrogen-bond donors (Lipinski definition) is 2. The van der Waals surface area contributed by atoms with Gasteiger partial charge in [0.05, 0.1) is 17.3 Å². The zero-order valence-corrected chi connectivity index (χ0v) is 11.8. The van der Waals surface area contributed by atoms with Crippen LogP contribution in [0.4, 0.5) is 0 Å². The zero-order valence-electron chi connectivity index (χ0n) is 10.2. The number of halogens is 1. The molecule has 7 nitrogen and oxygen atoms in total.